The third-order valence-corrected chi connectivity index (χ3v) is 1.83. The molecule has 0 aliphatic carbocycles. The zero-order valence-electron chi connectivity index (χ0n) is 8.33. The molecule has 1 fully saturated rings. The number of hydrogen-bond donors (Lipinski definition) is 1. The van der Waals surface area contributed by atoms with Gasteiger partial charge in [-0.25, -0.2) is 0 Å². The molecule has 0 unspecified atom stereocenters. The van der Waals surface area contributed by atoms with Gasteiger partial charge >= 0.3 is 0 Å². The van der Waals surface area contributed by atoms with E-state index in [0.717, 1.165) is 19.4 Å². The van der Waals surface area contributed by atoms with Gasteiger partial charge in [-0.3, -0.25) is 4.79 Å². The van der Waals surface area contributed by atoms with E-state index >= 15 is 0 Å². The first-order chi connectivity index (χ1) is 6.26. The first-order valence-corrected chi connectivity index (χ1v) is 4.79. The fraction of sp³-hybridized carbons (Fsp3) is 0.700. The van der Waals surface area contributed by atoms with Crippen LogP contribution in [0.3, 0.4) is 0 Å². The summed E-state index contributed by atoms with van der Waals surface area (Å²) in [6.45, 7) is 6.38. The topological polar surface area (TPSA) is 40.5 Å². The third kappa shape index (κ3) is 5.42. The summed E-state index contributed by atoms with van der Waals surface area (Å²) in [6, 6.07) is 0. The predicted molar refractivity (Wildman–Crippen MR) is 53.1 cm³/mol. The van der Waals surface area contributed by atoms with E-state index in [0.29, 0.717) is 6.42 Å². The summed E-state index contributed by atoms with van der Waals surface area (Å²) >= 11 is 0. The molecule has 0 aromatic rings. The average molecular weight is 185 g/mol. The Morgan fingerprint density at radius 2 is 2.15 bits per heavy atom. The maximum Gasteiger partial charge on any atom is 0.226 e. The molecule has 1 heterocycles. The second-order valence-electron chi connectivity index (χ2n) is 2.90. The van der Waals surface area contributed by atoms with Gasteiger partial charge < -0.3 is 10.0 Å². The molecule has 0 aromatic heterocycles. The Balaban J connectivity index is 0.000000424. The van der Waals surface area contributed by atoms with E-state index in [2.05, 4.69) is 6.58 Å². The van der Waals surface area contributed by atoms with Crippen LogP contribution in [0.2, 0.25) is 0 Å². The molecule has 0 aromatic carbocycles. The summed E-state index contributed by atoms with van der Waals surface area (Å²) in [7, 11) is 0. The van der Waals surface area contributed by atoms with E-state index in [-0.39, 0.29) is 12.5 Å². The zero-order chi connectivity index (χ0) is 10.1. The van der Waals surface area contributed by atoms with E-state index in [4.69, 9.17) is 5.11 Å². The van der Waals surface area contributed by atoms with Gasteiger partial charge in [0.25, 0.3) is 0 Å². The SMILES string of the molecule is C=CN1CCCCCC1=O.CCO. The lowest BCUT2D eigenvalue weighted by Gasteiger charge is -2.13. The molecule has 0 radical (unpaired) electrons. The van der Waals surface area contributed by atoms with Crippen LogP contribution in [-0.4, -0.2) is 29.1 Å². The van der Waals surface area contributed by atoms with Crippen LogP contribution in [0.15, 0.2) is 12.8 Å². The van der Waals surface area contributed by atoms with Crippen molar-refractivity contribution in [2.24, 2.45) is 0 Å². The van der Waals surface area contributed by atoms with E-state index < -0.39 is 0 Å². The number of carbonyl (C=O) groups excluding carboxylic acids is 1. The standard InChI is InChI=1S/C8H13NO.C2H6O/c1-2-9-7-5-3-4-6-8(9)10;1-2-3/h2H,1,3-7H2;3H,2H2,1H3. The molecule has 1 N–H and O–H groups in total. The van der Waals surface area contributed by atoms with E-state index in [1.165, 1.54) is 6.42 Å². The van der Waals surface area contributed by atoms with Crippen LogP contribution in [0.25, 0.3) is 0 Å². The van der Waals surface area contributed by atoms with Crippen molar-refractivity contribution in [3.63, 3.8) is 0 Å². The number of aliphatic hydroxyl groups is 1. The molecule has 0 spiro atoms. The summed E-state index contributed by atoms with van der Waals surface area (Å²) in [4.78, 5) is 12.8. The number of likely N-dealkylation sites (tertiary alicyclic amines) is 1. The normalized spacial score (nSPS) is 17.1. The number of nitrogens with zero attached hydrogens (tertiary/aromatic N) is 1. The first kappa shape index (κ1) is 12.2. The lowest BCUT2D eigenvalue weighted by atomic mass is 10.2. The lowest BCUT2D eigenvalue weighted by Crippen LogP contribution is -2.23. The quantitative estimate of drug-likeness (QED) is 0.673. The van der Waals surface area contributed by atoms with Crippen LogP contribution >= 0.6 is 0 Å². The summed E-state index contributed by atoms with van der Waals surface area (Å²) in [5.74, 6) is 0.229. The monoisotopic (exact) mass is 185 g/mol. The highest BCUT2D eigenvalue weighted by Crippen LogP contribution is 2.10. The number of carbonyl (C=O) groups is 1. The van der Waals surface area contributed by atoms with E-state index in [1.54, 1.807) is 18.0 Å². The largest absolute Gasteiger partial charge is 0.397 e. The van der Waals surface area contributed by atoms with Crippen molar-refractivity contribution >= 4 is 5.91 Å². The Bertz CT molecular complexity index is 157. The molecule has 1 aliphatic heterocycles. The minimum absolute atomic E-state index is 0.229. The third-order valence-electron chi connectivity index (χ3n) is 1.83. The molecule has 0 saturated carbocycles. The Hall–Kier alpha value is -0.830. The highest BCUT2D eigenvalue weighted by Gasteiger charge is 2.12. The van der Waals surface area contributed by atoms with Crippen LogP contribution < -0.4 is 0 Å². The molecule has 0 bridgehead atoms. The molecule has 3 nitrogen and oxygen atoms in total. The molecular formula is C10H19NO2. The molecule has 1 amide bonds. The molecular weight excluding hydrogens is 166 g/mol. The van der Waals surface area contributed by atoms with Crippen LogP contribution in [0.4, 0.5) is 0 Å². The van der Waals surface area contributed by atoms with Crippen molar-refractivity contribution in [1.29, 1.82) is 0 Å². The molecule has 76 valence electrons. The Labute approximate surface area is 80.0 Å². The Morgan fingerprint density at radius 1 is 1.54 bits per heavy atom. The maximum absolute atomic E-state index is 11.1. The van der Waals surface area contributed by atoms with Gasteiger partial charge in [0.05, 0.1) is 0 Å². The van der Waals surface area contributed by atoms with E-state index in [9.17, 15) is 4.79 Å². The van der Waals surface area contributed by atoms with Crippen molar-refractivity contribution in [3.8, 4) is 0 Å². The van der Waals surface area contributed by atoms with Crippen molar-refractivity contribution < 1.29 is 9.90 Å². The highest BCUT2D eigenvalue weighted by molar-refractivity contribution is 5.77. The molecule has 1 aliphatic rings. The smallest absolute Gasteiger partial charge is 0.226 e. The fourth-order valence-electron chi connectivity index (χ4n) is 1.20. The maximum atomic E-state index is 11.1. The van der Waals surface area contributed by atoms with Gasteiger partial charge in [-0.05, 0) is 26.0 Å². The van der Waals surface area contributed by atoms with Crippen LogP contribution in [0, 0.1) is 0 Å². The van der Waals surface area contributed by atoms with Crippen molar-refractivity contribution in [1.82, 2.24) is 4.90 Å². The van der Waals surface area contributed by atoms with Gasteiger partial charge in [-0.2, -0.15) is 0 Å². The fourth-order valence-corrected chi connectivity index (χ4v) is 1.20. The molecule has 13 heavy (non-hydrogen) atoms. The molecule has 0 atom stereocenters. The van der Waals surface area contributed by atoms with Crippen LogP contribution in [-0.2, 0) is 4.79 Å². The van der Waals surface area contributed by atoms with Gasteiger partial charge in [0.1, 0.15) is 0 Å². The minimum Gasteiger partial charge on any atom is -0.397 e. The summed E-state index contributed by atoms with van der Waals surface area (Å²) < 4.78 is 0. The van der Waals surface area contributed by atoms with Gasteiger partial charge in [-0.1, -0.05) is 13.0 Å². The zero-order valence-corrected chi connectivity index (χ0v) is 8.33. The second kappa shape index (κ2) is 7.80. The number of rotatable bonds is 1. The first-order valence-electron chi connectivity index (χ1n) is 4.79. The Kier molecular flexibility index (Phi) is 7.30. The van der Waals surface area contributed by atoms with Crippen LogP contribution in [0.5, 0.6) is 0 Å². The van der Waals surface area contributed by atoms with Crippen molar-refractivity contribution in [3.05, 3.63) is 12.8 Å². The van der Waals surface area contributed by atoms with E-state index in [1.807, 2.05) is 0 Å². The molecule has 1 rings (SSSR count). The summed E-state index contributed by atoms with van der Waals surface area (Å²) in [5, 5.41) is 7.57. The van der Waals surface area contributed by atoms with Crippen molar-refractivity contribution in [2.75, 3.05) is 13.2 Å². The molecule has 3 heteroatoms. The number of aliphatic hydroxyl groups excluding tert-OH is 1. The summed E-state index contributed by atoms with van der Waals surface area (Å²) in [6.07, 6.45) is 5.68. The average Bonchev–Trinajstić information content (AvgIpc) is 2.31. The van der Waals surface area contributed by atoms with Gasteiger partial charge in [0.2, 0.25) is 5.91 Å². The number of amides is 1. The Morgan fingerprint density at radius 3 is 2.69 bits per heavy atom. The van der Waals surface area contributed by atoms with Gasteiger partial charge in [0.15, 0.2) is 0 Å². The summed E-state index contributed by atoms with van der Waals surface area (Å²) in [5.41, 5.74) is 0. The predicted octanol–water partition coefficient (Wildman–Crippen LogP) is 1.53. The highest BCUT2D eigenvalue weighted by atomic mass is 16.2. The number of hydrogen-bond acceptors (Lipinski definition) is 2. The minimum atomic E-state index is 0.229. The van der Waals surface area contributed by atoms with Crippen LogP contribution in [0.1, 0.15) is 32.6 Å². The van der Waals surface area contributed by atoms with Crippen molar-refractivity contribution in [2.45, 2.75) is 32.6 Å². The lowest BCUT2D eigenvalue weighted by molar-refractivity contribution is -0.128. The van der Waals surface area contributed by atoms with Gasteiger partial charge in [-0.15, -0.1) is 0 Å². The van der Waals surface area contributed by atoms with Gasteiger partial charge in [0, 0.05) is 19.6 Å². The second-order valence-corrected chi connectivity index (χ2v) is 2.90. The molecule has 1 saturated heterocycles.